The van der Waals surface area contributed by atoms with Crippen LogP contribution in [0.4, 0.5) is 0 Å². The van der Waals surface area contributed by atoms with Crippen molar-refractivity contribution in [2.24, 2.45) is 11.0 Å². The highest BCUT2D eigenvalue weighted by atomic mass is 79.9. The van der Waals surface area contributed by atoms with E-state index in [0.717, 1.165) is 17.5 Å². The summed E-state index contributed by atoms with van der Waals surface area (Å²) >= 11 is 3.30. The number of ether oxygens (including phenoxy) is 1. The molecule has 33 heavy (non-hydrogen) atoms. The average Bonchev–Trinajstić information content (AvgIpc) is 3.18. The van der Waals surface area contributed by atoms with Crippen molar-refractivity contribution in [3.63, 3.8) is 0 Å². The first-order valence-electron chi connectivity index (χ1n) is 10.9. The van der Waals surface area contributed by atoms with Crippen LogP contribution in [0, 0.1) is 12.8 Å². The number of carbonyl (C=O) groups excluding carboxylic acids is 3. The molecule has 1 aliphatic heterocycles. The van der Waals surface area contributed by atoms with Crippen LogP contribution >= 0.6 is 15.9 Å². The number of hydrogen-bond acceptors (Lipinski definition) is 7. The van der Waals surface area contributed by atoms with Gasteiger partial charge < -0.3 is 14.1 Å². The van der Waals surface area contributed by atoms with Gasteiger partial charge in [0.05, 0.1) is 24.3 Å². The third kappa shape index (κ3) is 4.85. The van der Waals surface area contributed by atoms with E-state index in [1.165, 1.54) is 13.3 Å². The Labute approximate surface area is 199 Å². The number of aromatic nitrogens is 1. The van der Waals surface area contributed by atoms with Crippen molar-refractivity contribution < 1.29 is 23.5 Å². The van der Waals surface area contributed by atoms with E-state index in [1.54, 1.807) is 17.2 Å². The molecule has 2 aliphatic rings. The number of pyridine rings is 1. The van der Waals surface area contributed by atoms with Crippen LogP contribution in [-0.4, -0.2) is 53.6 Å². The van der Waals surface area contributed by atoms with Crippen LogP contribution in [-0.2, 0) is 16.0 Å². The van der Waals surface area contributed by atoms with E-state index in [4.69, 9.17) is 9.15 Å². The van der Waals surface area contributed by atoms with Gasteiger partial charge in [-0.25, -0.2) is 5.43 Å². The number of hydrogen-bond donors (Lipinski definition) is 1. The lowest BCUT2D eigenvalue weighted by atomic mass is 9.93. The van der Waals surface area contributed by atoms with Gasteiger partial charge >= 0.3 is 5.97 Å². The van der Waals surface area contributed by atoms with Gasteiger partial charge in [0, 0.05) is 47.5 Å². The number of esters is 1. The molecule has 3 heterocycles. The topological polar surface area (TPSA) is 114 Å². The highest BCUT2D eigenvalue weighted by molar-refractivity contribution is 9.10. The summed E-state index contributed by atoms with van der Waals surface area (Å²) in [4.78, 5) is 43.1. The first-order valence-corrected chi connectivity index (χ1v) is 11.7. The van der Waals surface area contributed by atoms with Gasteiger partial charge in [0.2, 0.25) is 0 Å². The van der Waals surface area contributed by atoms with E-state index in [-0.39, 0.29) is 23.7 Å². The third-order valence-electron chi connectivity index (χ3n) is 6.10. The predicted octanol–water partition coefficient (Wildman–Crippen LogP) is 3.24. The van der Waals surface area contributed by atoms with Gasteiger partial charge in [-0.05, 0) is 54.6 Å². The smallest absolute Gasteiger partial charge is 0.308 e. The molecule has 174 valence electrons. The van der Waals surface area contributed by atoms with Crippen molar-refractivity contribution in [2.75, 3.05) is 20.2 Å². The molecule has 2 aromatic heterocycles. The van der Waals surface area contributed by atoms with Crippen LogP contribution in [0.25, 0.3) is 0 Å². The number of nitrogens with zero attached hydrogens (tertiary/aromatic N) is 3. The Morgan fingerprint density at radius 1 is 1.24 bits per heavy atom. The van der Waals surface area contributed by atoms with E-state index in [2.05, 4.69) is 31.4 Å². The standard InChI is InChI=1S/C23H25BrN4O5/c1-13-19-17(26-27-21(29)15-10-16(24)12-25-11-15)4-3-5-18(19)33-20(13)22(30)28-8-6-14(7-9-28)23(31)32-2/h10-12,14H,3-9H2,1-2H3,(H,27,29)/b26-17+. The molecule has 0 saturated carbocycles. The summed E-state index contributed by atoms with van der Waals surface area (Å²) in [6, 6.07) is 1.66. The molecule has 0 radical (unpaired) electrons. The molecule has 2 aromatic rings. The number of fused-ring (bicyclic) bond motifs is 1. The number of methoxy groups -OCH3 is 1. The Bertz CT molecular complexity index is 1120. The molecule has 0 spiro atoms. The molecule has 10 heteroatoms. The van der Waals surface area contributed by atoms with Crippen LogP contribution in [0.5, 0.6) is 0 Å². The first kappa shape index (κ1) is 23.2. The molecule has 0 aromatic carbocycles. The summed E-state index contributed by atoms with van der Waals surface area (Å²) < 4.78 is 11.5. The van der Waals surface area contributed by atoms with E-state index < -0.39 is 0 Å². The van der Waals surface area contributed by atoms with Crippen molar-refractivity contribution in [3.05, 3.63) is 51.1 Å². The molecule has 1 saturated heterocycles. The molecule has 9 nitrogen and oxygen atoms in total. The average molecular weight is 517 g/mol. The predicted molar refractivity (Wildman–Crippen MR) is 123 cm³/mol. The van der Waals surface area contributed by atoms with Gasteiger partial charge in [0.1, 0.15) is 5.76 Å². The zero-order valence-corrected chi connectivity index (χ0v) is 20.1. The SMILES string of the molecule is COC(=O)C1CCN(C(=O)c2oc3c(c2C)/C(=N/NC(=O)c2cncc(Br)c2)CCC3)CC1. The largest absolute Gasteiger partial charge is 0.469 e. The maximum Gasteiger partial charge on any atom is 0.308 e. The van der Waals surface area contributed by atoms with E-state index in [1.807, 2.05) is 6.92 Å². The number of likely N-dealkylation sites (tertiary alicyclic amines) is 1. The van der Waals surface area contributed by atoms with Crippen molar-refractivity contribution >= 4 is 39.4 Å². The van der Waals surface area contributed by atoms with Crippen molar-refractivity contribution in [3.8, 4) is 0 Å². The summed E-state index contributed by atoms with van der Waals surface area (Å²) in [6.45, 7) is 2.79. The summed E-state index contributed by atoms with van der Waals surface area (Å²) in [5.74, 6) is 0.0569. The fraction of sp³-hybridized carbons (Fsp3) is 0.435. The lowest BCUT2D eigenvalue weighted by Gasteiger charge is -2.30. The van der Waals surface area contributed by atoms with Crippen LogP contribution in [0.2, 0.25) is 0 Å². The fourth-order valence-corrected chi connectivity index (χ4v) is 4.70. The van der Waals surface area contributed by atoms with Crippen LogP contribution in [0.3, 0.4) is 0 Å². The Kier molecular flexibility index (Phi) is 6.92. The van der Waals surface area contributed by atoms with E-state index in [9.17, 15) is 14.4 Å². The molecule has 0 unspecified atom stereocenters. The van der Waals surface area contributed by atoms with Gasteiger partial charge in [-0.15, -0.1) is 0 Å². The maximum absolute atomic E-state index is 13.2. The quantitative estimate of drug-likeness (QED) is 0.492. The van der Waals surface area contributed by atoms with Gasteiger partial charge in [-0.1, -0.05) is 0 Å². The normalized spacial score (nSPS) is 17.5. The molecular weight excluding hydrogens is 492 g/mol. The molecule has 0 bridgehead atoms. The lowest BCUT2D eigenvalue weighted by molar-refractivity contribution is -0.146. The maximum atomic E-state index is 13.2. The number of carbonyl (C=O) groups is 3. The minimum Gasteiger partial charge on any atom is -0.469 e. The van der Waals surface area contributed by atoms with E-state index in [0.29, 0.717) is 66.0 Å². The Morgan fingerprint density at radius 2 is 2.00 bits per heavy atom. The summed E-state index contributed by atoms with van der Waals surface area (Å²) in [6.07, 6.45) is 6.39. The number of nitrogens with one attached hydrogen (secondary N) is 1. The fourth-order valence-electron chi connectivity index (χ4n) is 4.33. The molecular formula is C23H25BrN4O5. The highest BCUT2D eigenvalue weighted by Crippen LogP contribution is 2.31. The molecule has 1 aliphatic carbocycles. The minimum absolute atomic E-state index is 0.173. The number of piperidine rings is 1. The van der Waals surface area contributed by atoms with Gasteiger partial charge in [0.15, 0.2) is 5.76 Å². The minimum atomic E-state index is -0.366. The number of hydrazone groups is 1. The third-order valence-corrected chi connectivity index (χ3v) is 6.53. The van der Waals surface area contributed by atoms with Crippen LogP contribution < -0.4 is 5.43 Å². The number of furan rings is 1. The van der Waals surface area contributed by atoms with Crippen molar-refractivity contribution in [2.45, 2.75) is 39.0 Å². The van der Waals surface area contributed by atoms with Crippen LogP contribution in [0.1, 0.15) is 63.5 Å². The second kappa shape index (κ2) is 9.86. The zero-order valence-electron chi connectivity index (χ0n) is 18.5. The van der Waals surface area contributed by atoms with Gasteiger partial charge in [-0.3, -0.25) is 19.4 Å². The lowest BCUT2D eigenvalue weighted by Crippen LogP contribution is -2.40. The molecule has 1 fully saturated rings. The van der Waals surface area contributed by atoms with E-state index >= 15 is 0 Å². The summed E-state index contributed by atoms with van der Waals surface area (Å²) in [7, 11) is 1.38. The number of rotatable bonds is 4. The number of aryl methyl sites for hydroxylation is 1. The molecule has 4 rings (SSSR count). The van der Waals surface area contributed by atoms with Gasteiger partial charge in [0.25, 0.3) is 11.8 Å². The second-order valence-corrected chi connectivity index (χ2v) is 9.10. The second-order valence-electron chi connectivity index (χ2n) is 8.19. The molecule has 0 atom stereocenters. The van der Waals surface area contributed by atoms with Crippen molar-refractivity contribution in [1.82, 2.24) is 15.3 Å². The highest BCUT2D eigenvalue weighted by Gasteiger charge is 2.33. The summed E-state index contributed by atoms with van der Waals surface area (Å²) in [5, 5.41) is 4.35. The zero-order chi connectivity index (χ0) is 23.5. The van der Waals surface area contributed by atoms with Crippen LogP contribution in [0.15, 0.2) is 32.5 Å². The Morgan fingerprint density at radius 3 is 2.70 bits per heavy atom. The first-order chi connectivity index (χ1) is 15.9. The number of halogens is 1. The molecule has 1 N–H and O–H groups in total. The summed E-state index contributed by atoms with van der Waals surface area (Å²) in [5.41, 5.74) is 5.19. The van der Waals surface area contributed by atoms with Crippen molar-refractivity contribution in [1.29, 1.82) is 0 Å². The monoisotopic (exact) mass is 516 g/mol. The Hall–Kier alpha value is -3.01. The van der Waals surface area contributed by atoms with Gasteiger partial charge in [-0.2, -0.15) is 5.10 Å². The Balaban J connectivity index is 1.50. The number of amides is 2. The molecule has 2 amide bonds.